The number of carbonyl (C=O) groups excluding carboxylic acids is 1. The summed E-state index contributed by atoms with van der Waals surface area (Å²) in [5.41, 5.74) is 0.801. The van der Waals surface area contributed by atoms with Crippen LogP contribution in [0, 0.1) is 11.6 Å². The van der Waals surface area contributed by atoms with E-state index < -0.39 is 23.1 Å². The van der Waals surface area contributed by atoms with Crippen LogP contribution in [0.2, 0.25) is 0 Å². The quantitative estimate of drug-likeness (QED) is 0.391. The van der Waals surface area contributed by atoms with Crippen LogP contribution in [0.1, 0.15) is 24.2 Å². The molecule has 208 valence electrons. The van der Waals surface area contributed by atoms with E-state index in [9.17, 15) is 4.79 Å². The molecule has 3 aromatic heterocycles. The number of carbonyl (C=O) groups is 1. The molecule has 0 aliphatic carbocycles. The molecule has 5 heterocycles. The molecular weight excluding hydrogens is 518 g/mol. The number of amides is 1. The van der Waals surface area contributed by atoms with Crippen molar-refractivity contribution in [3.05, 3.63) is 66.1 Å². The third-order valence-electron chi connectivity index (χ3n) is 7.31. The molecule has 2 fully saturated rings. The fraction of sp³-hybridized carbons (Fsp3) is 0.357. The van der Waals surface area contributed by atoms with Gasteiger partial charge in [0.2, 0.25) is 5.95 Å². The summed E-state index contributed by atoms with van der Waals surface area (Å²) >= 11 is 0. The van der Waals surface area contributed by atoms with Crippen LogP contribution in [0.3, 0.4) is 0 Å². The minimum absolute atomic E-state index is 0.207. The third kappa shape index (κ3) is 5.07. The van der Waals surface area contributed by atoms with Gasteiger partial charge in [-0.05, 0) is 44.2 Å². The molecule has 0 saturated carbocycles. The minimum Gasteiger partial charge on any atom is -0.378 e. The first-order chi connectivity index (χ1) is 19.4. The molecule has 2 atom stereocenters. The van der Waals surface area contributed by atoms with Gasteiger partial charge in [0.25, 0.3) is 5.91 Å². The number of ether oxygens (including phenoxy) is 1. The molecule has 0 bridgehead atoms. The Bertz CT molecular complexity index is 1510. The Morgan fingerprint density at radius 2 is 1.85 bits per heavy atom. The summed E-state index contributed by atoms with van der Waals surface area (Å²) in [6.07, 6.45) is 5.03. The number of halogens is 2. The number of hydrogen-bond acceptors (Lipinski definition) is 8. The van der Waals surface area contributed by atoms with Crippen molar-refractivity contribution in [1.82, 2.24) is 29.7 Å². The van der Waals surface area contributed by atoms with Gasteiger partial charge in [-0.15, -0.1) is 0 Å². The van der Waals surface area contributed by atoms with Gasteiger partial charge in [-0.2, -0.15) is 4.98 Å². The van der Waals surface area contributed by atoms with Gasteiger partial charge in [0.05, 0.1) is 30.8 Å². The SMILES string of the molecule is C[C@@H]1CN[C@@H](C)CN1c1ccc(Nc2ncc3ccn(-c4cc(F)c(C(=O)N5CCOCC5)c(F)c4)c3n2)cn1. The van der Waals surface area contributed by atoms with Crippen molar-refractivity contribution in [3.8, 4) is 5.69 Å². The van der Waals surface area contributed by atoms with E-state index in [1.165, 1.54) is 4.90 Å². The molecule has 2 N–H and O–H groups in total. The second-order valence-electron chi connectivity index (χ2n) is 10.2. The fourth-order valence-corrected chi connectivity index (χ4v) is 5.11. The van der Waals surface area contributed by atoms with Crippen LogP contribution in [-0.2, 0) is 4.74 Å². The summed E-state index contributed by atoms with van der Waals surface area (Å²) in [6.45, 7) is 7.36. The number of piperazine rings is 1. The zero-order valence-corrected chi connectivity index (χ0v) is 22.3. The molecule has 12 heteroatoms. The van der Waals surface area contributed by atoms with Gasteiger partial charge in [0, 0.05) is 56.0 Å². The molecule has 1 aromatic carbocycles. The molecule has 0 radical (unpaired) electrons. The number of anilines is 3. The van der Waals surface area contributed by atoms with Crippen LogP contribution in [0.25, 0.3) is 16.7 Å². The Hall–Kier alpha value is -4.16. The second kappa shape index (κ2) is 10.8. The summed E-state index contributed by atoms with van der Waals surface area (Å²) in [5.74, 6) is -1.33. The summed E-state index contributed by atoms with van der Waals surface area (Å²) in [5, 5.41) is 7.32. The van der Waals surface area contributed by atoms with Crippen molar-refractivity contribution in [3.63, 3.8) is 0 Å². The lowest BCUT2D eigenvalue weighted by Gasteiger charge is -2.38. The van der Waals surface area contributed by atoms with Crippen molar-refractivity contribution in [1.29, 1.82) is 0 Å². The highest BCUT2D eigenvalue weighted by Crippen LogP contribution is 2.26. The Morgan fingerprint density at radius 3 is 2.58 bits per heavy atom. The van der Waals surface area contributed by atoms with Gasteiger partial charge in [-0.1, -0.05) is 0 Å². The lowest BCUT2D eigenvalue weighted by molar-refractivity contribution is 0.0296. The maximum absolute atomic E-state index is 15.1. The highest BCUT2D eigenvalue weighted by atomic mass is 19.1. The van der Waals surface area contributed by atoms with Gasteiger partial charge in [-0.3, -0.25) is 4.79 Å². The van der Waals surface area contributed by atoms with E-state index in [-0.39, 0.29) is 5.69 Å². The molecule has 10 nitrogen and oxygen atoms in total. The average molecular weight is 549 g/mol. The van der Waals surface area contributed by atoms with E-state index in [1.54, 1.807) is 29.2 Å². The summed E-state index contributed by atoms with van der Waals surface area (Å²) in [7, 11) is 0. The highest BCUT2D eigenvalue weighted by molar-refractivity contribution is 5.95. The molecule has 40 heavy (non-hydrogen) atoms. The smallest absolute Gasteiger partial charge is 0.259 e. The first-order valence-corrected chi connectivity index (χ1v) is 13.3. The number of morpholine rings is 1. The maximum atomic E-state index is 15.1. The van der Waals surface area contributed by atoms with Crippen molar-refractivity contribution in [2.45, 2.75) is 25.9 Å². The van der Waals surface area contributed by atoms with Crippen molar-refractivity contribution in [2.24, 2.45) is 0 Å². The van der Waals surface area contributed by atoms with Crippen LogP contribution >= 0.6 is 0 Å². The van der Waals surface area contributed by atoms with Gasteiger partial charge < -0.3 is 29.7 Å². The summed E-state index contributed by atoms with van der Waals surface area (Å²) < 4.78 is 37.0. The number of hydrogen-bond donors (Lipinski definition) is 2. The number of nitrogens with one attached hydrogen (secondary N) is 2. The summed E-state index contributed by atoms with van der Waals surface area (Å²) in [6, 6.07) is 8.65. The molecule has 4 aromatic rings. The van der Waals surface area contributed by atoms with Crippen LogP contribution in [0.5, 0.6) is 0 Å². The number of rotatable bonds is 5. The minimum atomic E-state index is -0.930. The number of pyridine rings is 1. The first-order valence-electron chi connectivity index (χ1n) is 13.3. The van der Waals surface area contributed by atoms with E-state index in [4.69, 9.17) is 4.74 Å². The van der Waals surface area contributed by atoms with Crippen LogP contribution in [0.4, 0.5) is 26.2 Å². The van der Waals surface area contributed by atoms with Crippen molar-refractivity contribution < 1.29 is 18.3 Å². The van der Waals surface area contributed by atoms with E-state index in [0.717, 1.165) is 31.0 Å². The zero-order chi connectivity index (χ0) is 27.8. The Kier molecular flexibility index (Phi) is 7.03. The molecule has 2 aliphatic heterocycles. The van der Waals surface area contributed by atoms with E-state index in [2.05, 4.69) is 44.3 Å². The first kappa shape index (κ1) is 26.1. The highest BCUT2D eigenvalue weighted by Gasteiger charge is 2.26. The normalized spacial score (nSPS) is 19.7. The predicted octanol–water partition coefficient (Wildman–Crippen LogP) is 3.50. The lowest BCUT2D eigenvalue weighted by atomic mass is 10.1. The standard InChI is InChI=1S/C28H30F2N8O2/c1-17-16-38(18(2)13-31-17)24-4-3-20(15-32-24)34-28-33-14-19-5-6-37(26(19)35-28)21-11-22(29)25(23(30)12-21)27(39)36-7-9-40-10-8-36/h3-6,11-12,14-15,17-18,31H,7-10,13,16H2,1-2H3,(H,33,34,35)/t17-,18+/m0/s1. The topological polar surface area (TPSA) is 100 Å². The van der Waals surface area contributed by atoms with E-state index >= 15 is 8.78 Å². The van der Waals surface area contributed by atoms with Gasteiger partial charge in [-0.25, -0.2) is 18.7 Å². The van der Waals surface area contributed by atoms with Crippen LogP contribution in [0.15, 0.2) is 48.9 Å². The monoisotopic (exact) mass is 548 g/mol. The van der Waals surface area contributed by atoms with E-state index in [1.807, 2.05) is 12.1 Å². The molecule has 2 aliphatic rings. The molecule has 2 saturated heterocycles. The Labute approximate surface area is 230 Å². The predicted molar refractivity (Wildman–Crippen MR) is 147 cm³/mol. The lowest BCUT2D eigenvalue weighted by Crippen LogP contribution is -2.54. The Balaban J connectivity index is 1.24. The second-order valence-corrected chi connectivity index (χ2v) is 10.2. The number of nitrogens with zero attached hydrogens (tertiary/aromatic N) is 6. The molecule has 0 spiro atoms. The average Bonchev–Trinajstić information content (AvgIpc) is 3.38. The molecule has 0 unspecified atom stereocenters. The number of fused-ring (bicyclic) bond motifs is 1. The number of aromatic nitrogens is 4. The number of benzene rings is 1. The van der Waals surface area contributed by atoms with Gasteiger partial charge in [0.1, 0.15) is 28.7 Å². The van der Waals surface area contributed by atoms with Gasteiger partial charge in [0.15, 0.2) is 0 Å². The largest absolute Gasteiger partial charge is 0.378 e. The third-order valence-corrected chi connectivity index (χ3v) is 7.31. The van der Waals surface area contributed by atoms with E-state index in [0.29, 0.717) is 61.1 Å². The van der Waals surface area contributed by atoms with Gasteiger partial charge >= 0.3 is 0 Å². The zero-order valence-electron chi connectivity index (χ0n) is 22.3. The molecule has 1 amide bonds. The van der Waals surface area contributed by atoms with Crippen LogP contribution in [-0.4, -0.2) is 81.8 Å². The Morgan fingerprint density at radius 1 is 1.07 bits per heavy atom. The van der Waals surface area contributed by atoms with Crippen molar-refractivity contribution in [2.75, 3.05) is 49.6 Å². The molecular formula is C28H30F2N8O2. The summed E-state index contributed by atoms with van der Waals surface area (Å²) in [4.78, 5) is 30.0. The van der Waals surface area contributed by atoms with Crippen LogP contribution < -0.4 is 15.5 Å². The molecule has 6 rings (SSSR count). The van der Waals surface area contributed by atoms with Crippen molar-refractivity contribution >= 4 is 34.4 Å². The maximum Gasteiger partial charge on any atom is 0.259 e. The fourth-order valence-electron chi connectivity index (χ4n) is 5.11.